The molecule has 1 radical (unpaired) electrons. The summed E-state index contributed by atoms with van der Waals surface area (Å²) in [6.45, 7) is 0.654. The third-order valence-corrected chi connectivity index (χ3v) is 4.34. The Morgan fingerprint density at radius 1 is 1.18 bits per heavy atom. The van der Waals surface area contributed by atoms with Crippen LogP contribution in [0.2, 0.25) is 0 Å². The second-order valence-corrected chi connectivity index (χ2v) is 6.08. The predicted molar refractivity (Wildman–Crippen MR) is 104 cm³/mol. The lowest BCUT2D eigenvalue weighted by atomic mass is 10.1. The molecule has 0 aliphatic heterocycles. The van der Waals surface area contributed by atoms with Crippen molar-refractivity contribution in [3.8, 4) is 17.1 Å². The van der Waals surface area contributed by atoms with Crippen LogP contribution in [0.3, 0.4) is 0 Å². The minimum atomic E-state index is -0.549. The summed E-state index contributed by atoms with van der Waals surface area (Å²) in [6.07, 6.45) is 4.26. The number of nitrogens with two attached hydrogens (primary N) is 1. The van der Waals surface area contributed by atoms with Crippen molar-refractivity contribution in [1.82, 2.24) is 19.6 Å². The SMILES string of the molecule is COc1ccc(NCc2ccc(-c3ccc(C(N)=O)c4n[c]nn34)cc2)cn1. The van der Waals surface area contributed by atoms with Gasteiger partial charge in [0.25, 0.3) is 5.91 Å². The Labute approximate surface area is 161 Å². The minimum absolute atomic E-state index is 0.312. The number of fused-ring (bicyclic) bond motifs is 1. The van der Waals surface area contributed by atoms with E-state index in [2.05, 4.69) is 26.7 Å². The topological polar surface area (TPSA) is 107 Å². The number of pyridine rings is 2. The molecule has 1 aromatic carbocycles. The number of methoxy groups -OCH3 is 1. The van der Waals surface area contributed by atoms with Crippen LogP contribution < -0.4 is 15.8 Å². The third kappa shape index (κ3) is 3.35. The van der Waals surface area contributed by atoms with Crippen LogP contribution in [-0.2, 0) is 6.54 Å². The maximum atomic E-state index is 11.5. The molecule has 0 unspecified atom stereocenters. The molecule has 0 saturated carbocycles. The largest absolute Gasteiger partial charge is 0.481 e. The smallest absolute Gasteiger partial charge is 0.252 e. The van der Waals surface area contributed by atoms with Gasteiger partial charge in [0.1, 0.15) is 0 Å². The van der Waals surface area contributed by atoms with Gasteiger partial charge in [0.2, 0.25) is 12.2 Å². The second-order valence-electron chi connectivity index (χ2n) is 6.08. The number of amides is 1. The van der Waals surface area contributed by atoms with Crippen molar-refractivity contribution in [2.24, 2.45) is 5.73 Å². The van der Waals surface area contributed by atoms with Gasteiger partial charge in [0.15, 0.2) is 5.65 Å². The monoisotopic (exact) mass is 373 g/mol. The van der Waals surface area contributed by atoms with Gasteiger partial charge in [0, 0.05) is 18.2 Å². The number of nitrogens with one attached hydrogen (secondary N) is 1. The Balaban J connectivity index is 1.53. The molecule has 139 valence electrons. The van der Waals surface area contributed by atoms with E-state index in [0.717, 1.165) is 22.5 Å². The molecule has 0 bridgehead atoms. The number of primary amides is 1. The molecule has 8 nitrogen and oxygen atoms in total. The molecule has 3 aromatic heterocycles. The molecule has 1 amide bonds. The minimum Gasteiger partial charge on any atom is -0.481 e. The number of ether oxygens (including phenoxy) is 1. The number of benzene rings is 1. The highest BCUT2D eigenvalue weighted by Crippen LogP contribution is 2.22. The van der Waals surface area contributed by atoms with Crippen LogP contribution in [0.4, 0.5) is 5.69 Å². The number of anilines is 1. The van der Waals surface area contributed by atoms with E-state index in [9.17, 15) is 4.79 Å². The molecule has 3 heterocycles. The van der Waals surface area contributed by atoms with Crippen LogP contribution in [0.25, 0.3) is 16.9 Å². The highest BCUT2D eigenvalue weighted by atomic mass is 16.5. The molecule has 4 aromatic rings. The highest BCUT2D eigenvalue weighted by molar-refractivity contribution is 5.99. The van der Waals surface area contributed by atoms with Gasteiger partial charge < -0.3 is 15.8 Å². The lowest BCUT2D eigenvalue weighted by Gasteiger charge is -2.09. The average Bonchev–Trinajstić information content (AvgIpc) is 3.22. The summed E-state index contributed by atoms with van der Waals surface area (Å²) in [7, 11) is 1.59. The fourth-order valence-electron chi connectivity index (χ4n) is 2.87. The van der Waals surface area contributed by atoms with Crippen molar-refractivity contribution in [3.63, 3.8) is 0 Å². The maximum Gasteiger partial charge on any atom is 0.252 e. The van der Waals surface area contributed by atoms with Gasteiger partial charge in [-0.2, -0.15) is 0 Å². The molecule has 0 saturated heterocycles. The Kier molecular flexibility index (Phi) is 4.59. The molecule has 0 atom stereocenters. The third-order valence-electron chi connectivity index (χ3n) is 4.34. The predicted octanol–water partition coefficient (Wildman–Crippen LogP) is 2.31. The van der Waals surface area contributed by atoms with E-state index < -0.39 is 5.91 Å². The van der Waals surface area contributed by atoms with Crippen molar-refractivity contribution < 1.29 is 9.53 Å². The molecule has 0 aliphatic carbocycles. The number of rotatable bonds is 6. The van der Waals surface area contributed by atoms with E-state index in [1.165, 1.54) is 0 Å². The van der Waals surface area contributed by atoms with Crippen LogP contribution in [-0.4, -0.2) is 32.6 Å². The van der Waals surface area contributed by atoms with Gasteiger partial charge in [-0.15, -0.1) is 5.10 Å². The summed E-state index contributed by atoms with van der Waals surface area (Å²) in [5, 5.41) is 7.41. The summed E-state index contributed by atoms with van der Waals surface area (Å²) >= 11 is 0. The zero-order valence-electron chi connectivity index (χ0n) is 15.1. The zero-order chi connectivity index (χ0) is 19.5. The lowest BCUT2D eigenvalue weighted by Crippen LogP contribution is -2.13. The fraction of sp³-hybridized carbons (Fsp3) is 0.100. The van der Waals surface area contributed by atoms with Crippen molar-refractivity contribution in [2.45, 2.75) is 6.54 Å². The van der Waals surface area contributed by atoms with Crippen LogP contribution in [0, 0.1) is 6.33 Å². The van der Waals surface area contributed by atoms with Gasteiger partial charge in [-0.05, 0) is 23.8 Å². The van der Waals surface area contributed by atoms with Gasteiger partial charge in [0.05, 0.1) is 30.3 Å². The van der Waals surface area contributed by atoms with Crippen LogP contribution in [0.1, 0.15) is 15.9 Å². The van der Waals surface area contributed by atoms with Crippen molar-refractivity contribution in [1.29, 1.82) is 0 Å². The standard InChI is InChI=1S/C20H17N6O2/c1-28-18-9-6-15(11-23-18)22-10-13-2-4-14(5-3-13)17-8-7-16(19(21)27)20-24-12-25-26(17)20/h2-9,11,22H,10H2,1H3,(H2,21,27). The van der Waals surface area contributed by atoms with Gasteiger partial charge in [-0.25, -0.2) is 14.5 Å². The normalized spacial score (nSPS) is 10.8. The molecule has 0 aliphatic rings. The molecule has 8 heteroatoms. The average molecular weight is 373 g/mol. The van der Waals surface area contributed by atoms with Crippen LogP contribution >= 0.6 is 0 Å². The van der Waals surface area contributed by atoms with E-state index in [0.29, 0.717) is 23.6 Å². The first-order valence-electron chi connectivity index (χ1n) is 8.54. The Morgan fingerprint density at radius 3 is 2.68 bits per heavy atom. The number of nitrogens with zero attached hydrogens (tertiary/aromatic N) is 4. The van der Waals surface area contributed by atoms with E-state index >= 15 is 0 Å². The summed E-state index contributed by atoms with van der Waals surface area (Å²) in [5.74, 6) is 0.0290. The van der Waals surface area contributed by atoms with E-state index in [4.69, 9.17) is 10.5 Å². The van der Waals surface area contributed by atoms with E-state index in [-0.39, 0.29) is 0 Å². The maximum absolute atomic E-state index is 11.5. The number of hydrogen-bond donors (Lipinski definition) is 2. The second kappa shape index (κ2) is 7.36. The van der Waals surface area contributed by atoms with Crippen molar-refractivity contribution >= 4 is 17.2 Å². The number of carbonyl (C=O) groups is 1. The number of carbonyl (C=O) groups excluding carboxylic acids is 1. The summed E-state index contributed by atoms with van der Waals surface area (Å²) < 4.78 is 6.62. The Morgan fingerprint density at radius 2 is 2.00 bits per heavy atom. The molecular formula is C20H17N6O2. The first-order chi connectivity index (χ1) is 13.7. The van der Waals surface area contributed by atoms with E-state index in [1.54, 1.807) is 30.0 Å². The molecule has 0 fully saturated rings. The molecule has 28 heavy (non-hydrogen) atoms. The summed E-state index contributed by atoms with van der Waals surface area (Å²) in [5.41, 5.74) is 9.85. The molecule has 3 N–H and O–H groups in total. The highest BCUT2D eigenvalue weighted by Gasteiger charge is 2.13. The quantitative estimate of drug-likeness (QED) is 0.537. The summed E-state index contributed by atoms with van der Waals surface area (Å²) in [4.78, 5) is 19.7. The molecule has 0 spiro atoms. The first-order valence-corrected chi connectivity index (χ1v) is 8.54. The van der Waals surface area contributed by atoms with Gasteiger partial charge in [-0.3, -0.25) is 4.79 Å². The summed E-state index contributed by atoms with van der Waals surface area (Å²) in [6, 6.07) is 15.2. The fourth-order valence-corrected chi connectivity index (χ4v) is 2.87. The lowest BCUT2D eigenvalue weighted by molar-refractivity contribution is 0.100. The van der Waals surface area contributed by atoms with Gasteiger partial charge >= 0.3 is 0 Å². The Bertz CT molecular complexity index is 1120. The van der Waals surface area contributed by atoms with Crippen LogP contribution in [0.15, 0.2) is 54.7 Å². The van der Waals surface area contributed by atoms with Crippen molar-refractivity contribution in [3.05, 3.63) is 72.2 Å². The van der Waals surface area contributed by atoms with Crippen LogP contribution in [0.5, 0.6) is 5.88 Å². The van der Waals surface area contributed by atoms with Gasteiger partial charge in [-0.1, -0.05) is 24.3 Å². The van der Waals surface area contributed by atoms with Crippen molar-refractivity contribution in [2.75, 3.05) is 12.4 Å². The molecular weight excluding hydrogens is 356 g/mol. The number of aromatic nitrogens is 4. The van der Waals surface area contributed by atoms with E-state index in [1.807, 2.05) is 36.4 Å². The zero-order valence-corrected chi connectivity index (χ0v) is 15.1. The first kappa shape index (κ1) is 17.5. The molecule has 4 rings (SSSR count). The Hall–Kier alpha value is -3.94. The number of hydrogen-bond acceptors (Lipinski definition) is 6.